The van der Waals surface area contributed by atoms with Gasteiger partial charge in [-0.25, -0.2) is 9.78 Å². The maximum absolute atomic E-state index is 12.8. The second kappa shape index (κ2) is 9.70. The third kappa shape index (κ3) is 5.30. The van der Waals surface area contributed by atoms with Gasteiger partial charge in [0, 0.05) is 22.7 Å². The zero-order chi connectivity index (χ0) is 24.3. The zero-order valence-corrected chi connectivity index (χ0v) is 20.2. The number of aromatic amines is 1. The van der Waals surface area contributed by atoms with Gasteiger partial charge in [0.1, 0.15) is 11.6 Å². The molecule has 2 heterocycles. The largest absolute Gasteiger partial charge is 0.494 e. The van der Waals surface area contributed by atoms with E-state index in [0.717, 1.165) is 54.8 Å². The summed E-state index contributed by atoms with van der Waals surface area (Å²) in [7, 11) is 0. The quantitative estimate of drug-likeness (QED) is 0.444. The van der Waals surface area contributed by atoms with E-state index in [1.54, 1.807) is 18.2 Å². The number of nitrogens with zero attached hydrogens (tertiary/aromatic N) is 3. The van der Waals surface area contributed by atoms with Crippen molar-refractivity contribution in [2.75, 3.05) is 17.2 Å². The van der Waals surface area contributed by atoms with Gasteiger partial charge in [0.2, 0.25) is 5.95 Å². The molecule has 0 atom stereocenters. The van der Waals surface area contributed by atoms with E-state index in [2.05, 4.69) is 32.6 Å². The average molecular weight is 465 g/mol. The number of aryl methyl sites for hydroxylation is 1. The first-order valence-electron chi connectivity index (χ1n) is 11.8. The minimum Gasteiger partial charge on any atom is -0.494 e. The minimum atomic E-state index is -0.426. The van der Waals surface area contributed by atoms with Gasteiger partial charge in [0.25, 0.3) is 5.56 Å². The van der Waals surface area contributed by atoms with Crippen molar-refractivity contribution in [3.63, 3.8) is 0 Å². The molecule has 0 radical (unpaired) electrons. The number of urea groups is 1. The molecule has 1 aromatic carbocycles. The highest BCUT2D eigenvalue weighted by atomic mass is 16.5. The molecule has 0 aliphatic heterocycles. The number of ether oxygens (including phenoxy) is 1. The molecular weight excluding hydrogens is 432 g/mol. The monoisotopic (exact) mass is 464 g/mol. The zero-order valence-electron chi connectivity index (χ0n) is 20.2. The van der Waals surface area contributed by atoms with Gasteiger partial charge in [-0.1, -0.05) is 34.1 Å². The smallest absolute Gasteiger partial charge is 0.324 e. The minimum absolute atomic E-state index is 0.151. The number of fused-ring (bicyclic) bond motifs is 1. The van der Waals surface area contributed by atoms with Crippen LogP contribution in [0, 0.1) is 0 Å². The molecule has 0 saturated carbocycles. The first-order valence-corrected chi connectivity index (χ1v) is 11.8. The molecule has 34 heavy (non-hydrogen) atoms. The van der Waals surface area contributed by atoms with E-state index in [1.807, 2.05) is 32.9 Å². The molecule has 1 aliphatic rings. The number of hydrogen-bond acceptors (Lipinski definition) is 5. The molecule has 0 unspecified atom stereocenters. The van der Waals surface area contributed by atoms with E-state index < -0.39 is 6.03 Å². The fraction of sp³-hybridized carbons (Fsp3) is 0.440. The van der Waals surface area contributed by atoms with E-state index in [0.29, 0.717) is 24.1 Å². The first kappa shape index (κ1) is 23.5. The number of amides is 2. The lowest BCUT2D eigenvalue weighted by Crippen LogP contribution is -2.23. The Kier molecular flexibility index (Phi) is 6.72. The second-order valence-corrected chi connectivity index (χ2v) is 9.55. The summed E-state index contributed by atoms with van der Waals surface area (Å²) in [6, 6.07) is 8.61. The van der Waals surface area contributed by atoms with Crippen LogP contribution in [0.5, 0.6) is 5.75 Å². The van der Waals surface area contributed by atoms with Crippen LogP contribution in [-0.4, -0.2) is 32.4 Å². The molecule has 2 aromatic heterocycles. The molecule has 1 aliphatic carbocycles. The maximum atomic E-state index is 12.8. The summed E-state index contributed by atoms with van der Waals surface area (Å²) in [5, 5.41) is 10.3. The van der Waals surface area contributed by atoms with Gasteiger partial charge in [-0.3, -0.25) is 15.1 Å². The Morgan fingerprint density at radius 1 is 1.18 bits per heavy atom. The number of benzene rings is 1. The SMILES string of the molecule is CCCCOc1ccc(NC(=O)Nc2cc(C(C)(C)C)nn2-c2nc3c(c(=O)[nH]2)CCC3)cc1. The van der Waals surface area contributed by atoms with Crippen molar-refractivity contribution < 1.29 is 9.53 Å². The predicted molar refractivity (Wildman–Crippen MR) is 132 cm³/mol. The molecule has 3 aromatic rings. The molecule has 9 nitrogen and oxygen atoms in total. The number of anilines is 2. The number of carbonyl (C=O) groups excluding carboxylic acids is 1. The van der Waals surface area contributed by atoms with Crippen LogP contribution in [0.2, 0.25) is 0 Å². The van der Waals surface area contributed by atoms with Crippen molar-refractivity contribution in [2.24, 2.45) is 0 Å². The van der Waals surface area contributed by atoms with Crippen molar-refractivity contribution in [2.45, 2.75) is 65.2 Å². The molecular formula is C25H32N6O3. The molecule has 180 valence electrons. The van der Waals surface area contributed by atoms with Crippen LogP contribution in [0.1, 0.15) is 63.9 Å². The van der Waals surface area contributed by atoms with E-state index in [-0.39, 0.29) is 11.0 Å². The van der Waals surface area contributed by atoms with Crippen LogP contribution < -0.4 is 20.9 Å². The number of nitrogens with one attached hydrogen (secondary N) is 3. The Morgan fingerprint density at radius 3 is 2.65 bits per heavy atom. The molecule has 4 rings (SSSR count). The van der Waals surface area contributed by atoms with Crippen LogP contribution in [0.3, 0.4) is 0 Å². The molecule has 2 amide bonds. The lowest BCUT2D eigenvalue weighted by Gasteiger charge is -2.14. The standard InChI is InChI=1S/C25H32N6O3/c1-5-6-14-34-17-12-10-16(11-13-17)26-24(33)28-21-15-20(25(2,3)4)30-31(21)23-27-19-9-7-8-18(19)22(32)29-23/h10-13,15H,5-9,14H2,1-4H3,(H2,26,28,33)(H,27,29,32). The number of unbranched alkanes of at least 4 members (excludes halogenated alkanes) is 1. The van der Waals surface area contributed by atoms with Gasteiger partial charge in [-0.15, -0.1) is 0 Å². The summed E-state index contributed by atoms with van der Waals surface area (Å²) in [5.41, 5.74) is 2.51. The number of hydrogen-bond donors (Lipinski definition) is 3. The van der Waals surface area contributed by atoms with Gasteiger partial charge in [-0.05, 0) is 49.9 Å². The molecule has 0 saturated heterocycles. The highest BCUT2D eigenvalue weighted by Crippen LogP contribution is 2.26. The summed E-state index contributed by atoms with van der Waals surface area (Å²) in [6.45, 7) is 8.89. The number of carbonyl (C=O) groups is 1. The van der Waals surface area contributed by atoms with Crippen LogP contribution in [0.4, 0.5) is 16.3 Å². The van der Waals surface area contributed by atoms with Crippen molar-refractivity contribution >= 4 is 17.5 Å². The van der Waals surface area contributed by atoms with Gasteiger partial charge in [0.15, 0.2) is 0 Å². The van der Waals surface area contributed by atoms with Crippen molar-refractivity contribution in [1.82, 2.24) is 19.7 Å². The lowest BCUT2D eigenvalue weighted by molar-refractivity contribution is 0.262. The fourth-order valence-corrected chi connectivity index (χ4v) is 3.77. The predicted octanol–water partition coefficient (Wildman–Crippen LogP) is 4.56. The molecule has 0 spiro atoms. The normalized spacial score (nSPS) is 12.9. The average Bonchev–Trinajstić information content (AvgIpc) is 3.42. The van der Waals surface area contributed by atoms with Crippen molar-refractivity contribution in [3.05, 3.63) is 57.6 Å². The lowest BCUT2D eigenvalue weighted by atomic mass is 9.92. The van der Waals surface area contributed by atoms with Crippen LogP contribution in [0.25, 0.3) is 5.95 Å². The molecule has 0 bridgehead atoms. The van der Waals surface area contributed by atoms with Gasteiger partial charge in [0.05, 0.1) is 18.0 Å². The van der Waals surface area contributed by atoms with Crippen molar-refractivity contribution in [1.29, 1.82) is 0 Å². The van der Waals surface area contributed by atoms with Crippen LogP contribution in [-0.2, 0) is 18.3 Å². The van der Waals surface area contributed by atoms with Gasteiger partial charge >= 0.3 is 6.03 Å². The van der Waals surface area contributed by atoms with E-state index >= 15 is 0 Å². The summed E-state index contributed by atoms with van der Waals surface area (Å²) in [6.07, 6.45) is 4.48. The summed E-state index contributed by atoms with van der Waals surface area (Å²) in [5.74, 6) is 1.48. The summed E-state index contributed by atoms with van der Waals surface area (Å²) < 4.78 is 7.16. The van der Waals surface area contributed by atoms with Crippen LogP contribution in [0.15, 0.2) is 35.1 Å². The first-order chi connectivity index (χ1) is 16.2. The highest BCUT2D eigenvalue weighted by molar-refractivity contribution is 5.99. The van der Waals surface area contributed by atoms with Crippen LogP contribution >= 0.6 is 0 Å². The van der Waals surface area contributed by atoms with E-state index in [9.17, 15) is 9.59 Å². The summed E-state index contributed by atoms with van der Waals surface area (Å²) in [4.78, 5) is 32.8. The van der Waals surface area contributed by atoms with Gasteiger partial charge in [-0.2, -0.15) is 9.78 Å². The Morgan fingerprint density at radius 2 is 1.94 bits per heavy atom. The number of H-pyrrole nitrogens is 1. The van der Waals surface area contributed by atoms with Crippen molar-refractivity contribution in [3.8, 4) is 11.7 Å². The molecule has 9 heteroatoms. The third-order valence-electron chi connectivity index (χ3n) is 5.73. The van der Waals surface area contributed by atoms with E-state index in [4.69, 9.17) is 4.74 Å². The number of aromatic nitrogens is 4. The van der Waals surface area contributed by atoms with E-state index in [1.165, 1.54) is 4.68 Å². The topological polar surface area (TPSA) is 114 Å². The Hall–Kier alpha value is -3.62. The Labute approximate surface area is 199 Å². The molecule has 3 N–H and O–H groups in total. The second-order valence-electron chi connectivity index (χ2n) is 9.55. The Balaban J connectivity index is 1.54. The maximum Gasteiger partial charge on any atom is 0.324 e. The van der Waals surface area contributed by atoms with Gasteiger partial charge < -0.3 is 10.1 Å². The third-order valence-corrected chi connectivity index (χ3v) is 5.73. The summed E-state index contributed by atoms with van der Waals surface area (Å²) >= 11 is 0. The molecule has 0 fully saturated rings. The fourth-order valence-electron chi connectivity index (χ4n) is 3.77. The number of rotatable bonds is 7. The Bertz CT molecular complexity index is 1220. The highest BCUT2D eigenvalue weighted by Gasteiger charge is 2.24.